The molecule has 0 spiro atoms. The van der Waals surface area contributed by atoms with Crippen LogP contribution in [0.1, 0.15) is 31.2 Å². The molecule has 0 aliphatic heterocycles. The third-order valence-electron chi connectivity index (χ3n) is 3.31. The standard InChI is InChI=1S/C11H14ClN3O2/c1-17-9(16)11(4-2-3-5-11)7-6-14-10(13)15-8(7)12/h6H,2-5H2,1H3,(H2,13,14,15). The molecular formula is C11H14ClN3O2. The van der Waals surface area contributed by atoms with E-state index in [1.807, 2.05) is 0 Å². The third-order valence-corrected chi connectivity index (χ3v) is 3.60. The van der Waals surface area contributed by atoms with E-state index in [-0.39, 0.29) is 17.1 Å². The highest BCUT2D eigenvalue weighted by atomic mass is 35.5. The van der Waals surface area contributed by atoms with E-state index in [0.717, 1.165) is 12.8 Å². The highest BCUT2D eigenvalue weighted by Crippen LogP contribution is 2.44. The number of nitrogens with two attached hydrogens (primary N) is 1. The molecule has 2 rings (SSSR count). The average Bonchev–Trinajstić information content (AvgIpc) is 2.78. The van der Waals surface area contributed by atoms with Gasteiger partial charge >= 0.3 is 5.97 Å². The summed E-state index contributed by atoms with van der Waals surface area (Å²) in [6, 6.07) is 0. The second-order valence-corrected chi connectivity index (χ2v) is 4.57. The molecule has 2 N–H and O–H groups in total. The van der Waals surface area contributed by atoms with Crippen LogP contribution in [0.25, 0.3) is 0 Å². The van der Waals surface area contributed by atoms with E-state index in [0.29, 0.717) is 18.4 Å². The zero-order valence-electron chi connectivity index (χ0n) is 9.57. The fraction of sp³-hybridized carbons (Fsp3) is 0.545. The van der Waals surface area contributed by atoms with Gasteiger partial charge in [-0.15, -0.1) is 0 Å². The van der Waals surface area contributed by atoms with Crippen molar-refractivity contribution in [3.8, 4) is 0 Å². The summed E-state index contributed by atoms with van der Waals surface area (Å²) in [5.41, 5.74) is 5.38. The zero-order chi connectivity index (χ0) is 12.5. The van der Waals surface area contributed by atoms with Crippen LogP contribution in [0.5, 0.6) is 0 Å². The zero-order valence-corrected chi connectivity index (χ0v) is 10.3. The molecule has 0 unspecified atom stereocenters. The first kappa shape index (κ1) is 12.1. The van der Waals surface area contributed by atoms with Crippen LogP contribution in [0.2, 0.25) is 5.15 Å². The van der Waals surface area contributed by atoms with Gasteiger partial charge in [-0.2, -0.15) is 0 Å². The Morgan fingerprint density at radius 1 is 1.53 bits per heavy atom. The molecule has 1 aromatic rings. The molecule has 0 aromatic carbocycles. The summed E-state index contributed by atoms with van der Waals surface area (Å²) >= 11 is 6.06. The van der Waals surface area contributed by atoms with Crippen LogP contribution in [-0.4, -0.2) is 23.0 Å². The van der Waals surface area contributed by atoms with E-state index < -0.39 is 5.41 Å². The molecule has 1 fully saturated rings. The smallest absolute Gasteiger partial charge is 0.316 e. The van der Waals surface area contributed by atoms with Gasteiger partial charge in [-0.25, -0.2) is 9.97 Å². The van der Waals surface area contributed by atoms with Crippen molar-refractivity contribution in [1.82, 2.24) is 9.97 Å². The van der Waals surface area contributed by atoms with Crippen LogP contribution >= 0.6 is 11.6 Å². The molecule has 6 heteroatoms. The quantitative estimate of drug-likeness (QED) is 0.643. The topological polar surface area (TPSA) is 78.1 Å². The molecule has 17 heavy (non-hydrogen) atoms. The maximum Gasteiger partial charge on any atom is 0.316 e. The summed E-state index contributed by atoms with van der Waals surface area (Å²) in [5, 5.41) is 0.241. The Labute approximate surface area is 104 Å². The van der Waals surface area contributed by atoms with Gasteiger partial charge in [0, 0.05) is 11.8 Å². The van der Waals surface area contributed by atoms with Gasteiger partial charge in [-0.05, 0) is 12.8 Å². The molecule has 5 nitrogen and oxygen atoms in total. The lowest BCUT2D eigenvalue weighted by Crippen LogP contribution is -2.34. The Hall–Kier alpha value is -1.36. The van der Waals surface area contributed by atoms with Crippen molar-refractivity contribution in [1.29, 1.82) is 0 Å². The normalized spacial score (nSPS) is 18.0. The minimum Gasteiger partial charge on any atom is -0.468 e. The van der Waals surface area contributed by atoms with Crippen molar-refractivity contribution < 1.29 is 9.53 Å². The fourth-order valence-corrected chi connectivity index (χ4v) is 2.77. The number of aromatic nitrogens is 2. The molecule has 1 aliphatic carbocycles. The lowest BCUT2D eigenvalue weighted by Gasteiger charge is -2.26. The molecule has 1 aromatic heterocycles. The Bertz CT molecular complexity index is 444. The van der Waals surface area contributed by atoms with E-state index >= 15 is 0 Å². The van der Waals surface area contributed by atoms with Gasteiger partial charge in [-0.1, -0.05) is 24.4 Å². The summed E-state index contributed by atoms with van der Waals surface area (Å²) in [4.78, 5) is 19.8. The van der Waals surface area contributed by atoms with Gasteiger partial charge in [0.2, 0.25) is 5.95 Å². The number of ether oxygens (including phenoxy) is 1. The Balaban J connectivity index is 2.49. The predicted molar refractivity (Wildman–Crippen MR) is 63.6 cm³/mol. The van der Waals surface area contributed by atoms with E-state index in [1.54, 1.807) is 0 Å². The summed E-state index contributed by atoms with van der Waals surface area (Å²) < 4.78 is 4.89. The lowest BCUT2D eigenvalue weighted by atomic mass is 9.80. The van der Waals surface area contributed by atoms with Gasteiger partial charge < -0.3 is 10.5 Å². The maximum atomic E-state index is 12.0. The second kappa shape index (κ2) is 4.49. The first-order chi connectivity index (χ1) is 8.10. The molecule has 1 aliphatic rings. The molecule has 0 bridgehead atoms. The third kappa shape index (κ3) is 1.95. The molecule has 1 saturated carbocycles. The number of halogens is 1. The first-order valence-electron chi connectivity index (χ1n) is 5.47. The molecule has 0 saturated heterocycles. The predicted octanol–water partition coefficient (Wildman–Crippen LogP) is 1.70. The number of esters is 1. The highest BCUT2D eigenvalue weighted by molar-refractivity contribution is 6.30. The lowest BCUT2D eigenvalue weighted by molar-refractivity contribution is -0.147. The summed E-state index contributed by atoms with van der Waals surface area (Å²) in [7, 11) is 1.38. The Kier molecular flexibility index (Phi) is 3.19. The molecule has 0 atom stereocenters. The van der Waals surface area contributed by atoms with Crippen molar-refractivity contribution in [2.45, 2.75) is 31.1 Å². The molecular weight excluding hydrogens is 242 g/mol. The SMILES string of the molecule is COC(=O)C1(c2cnc(N)nc2Cl)CCCC1. The second-order valence-electron chi connectivity index (χ2n) is 4.21. The number of nitrogen functional groups attached to an aromatic ring is 1. The summed E-state index contributed by atoms with van der Waals surface area (Å²) in [6.07, 6.45) is 4.90. The van der Waals surface area contributed by atoms with E-state index in [1.165, 1.54) is 13.3 Å². The number of anilines is 1. The van der Waals surface area contributed by atoms with Crippen LogP contribution in [0.15, 0.2) is 6.20 Å². The van der Waals surface area contributed by atoms with Crippen LogP contribution < -0.4 is 5.73 Å². The van der Waals surface area contributed by atoms with Gasteiger partial charge in [0.05, 0.1) is 12.5 Å². The van der Waals surface area contributed by atoms with Gasteiger partial charge in [0.25, 0.3) is 0 Å². The van der Waals surface area contributed by atoms with Crippen LogP contribution in [-0.2, 0) is 14.9 Å². The van der Waals surface area contributed by atoms with Crippen LogP contribution in [0.3, 0.4) is 0 Å². The Morgan fingerprint density at radius 3 is 2.71 bits per heavy atom. The Morgan fingerprint density at radius 2 is 2.18 bits per heavy atom. The number of methoxy groups -OCH3 is 1. The van der Waals surface area contributed by atoms with E-state index in [4.69, 9.17) is 22.1 Å². The van der Waals surface area contributed by atoms with Crippen molar-refractivity contribution in [2.24, 2.45) is 0 Å². The summed E-state index contributed by atoms with van der Waals surface area (Å²) in [6.45, 7) is 0. The molecule has 0 amide bonds. The van der Waals surface area contributed by atoms with Crippen molar-refractivity contribution >= 4 is 23.5 Å². The largest absolute Gasteiger partial charge is 0.468 e. The van der Waals surface area contributed by atoms with E-state index in [9.17, 15) is 4.79 Å². The highest BCUT2D eigenvalue weighted by Gasteiger charge is 2.45. The van der Waals surface area contributed by atoms with Crippen molar-refractivity contribution in [3.05, 3.63) is 16.9 Å². The minimum atomic E-state index is -0.695. The minimum absolute atomic E-state index is 0.108. The monoisotopic (exact) mass is 255 g/mol. The number of nitrogens with zero attached hydrogens (tertiary/aromatic N) is 2. The van der Waals surface area contributed by atoms with E-state index in [2.05, 4.69) is 9.97 Å². The summed E-state index contributed by atoms with van der Waals surface area (Å²) in [5.74, 6) is -0.165. The number of hydrogen-bond acceptors (Lipinski definition) is 5. The first-order valence-corrected chi connectivity index (χ1v) is 5.85. The van der Waals surface area contributed by atoms with Crippen molar-refractivity contribution in [2.75, 3.05) is 12.8 Å². The number of carbonyl (C=O) groups is 1. The van der Waals surface area contributed by atoms with Gasteiger partial charge in [0.15, 0.2) is 0 Å². The number of hydrogen-bond donors (Lipinski definition) is 1. The maximum absolute atomic E-state index is 12.0. The fourth-order valence-electron chi connectivity index (χ4n) is 2.45. The van der Waals surface area contributed by atoms with Crippen LogP contribution in [0, 0.1) is 0 Å². The molecule has 92 valence electrons. The van der Waals surface area contributed by atoms with Crippen molar-refractivity contribution in [3.63, 3.8) is 0 Å². The van der Waals surface area contributed by atoms with Gasteiger partial charge in [-0.3, -0.25) is 4.79 Å². The van der Waals surface area contributed by atoms with Crippen LogP contribution in [0.4, 0.5) is 5.95 Å². The average molecular weight is 256 g/mol. The number of carbonyl (C=O) groups excluding carboxylic acids is 1. The van der Waals surface area contributed by atoms with Gasteiger partial charge in [0.1, 0.15) is 5.15 Å². The molecule has 1 heterocycles. The number of rotatable bonds is 2. The molecule has 0 radical (unpaired) electrons.